The molecule has 2 N–H and O–H groups in total. The molecule has 2 aliphatic heterocycles. The predicted octanol–water partition coefficient (Wildman–Crippen LogP) is 5.01. The lowest BCUT2D eigenvalue weighted by Crippen LogP contribution is -2.38. The number of fused-ring (bicyclic) bond motifs is 1. The lowest BCUT2D eigenvalue weighted by molar-refractivity contribution is -0.150. The second-order valence-electron chi connectivity index (χ2n) is 11.8. The Hall–Kier alpha value is -3.86. The van der Waals surface area contributed by atoms with Crippen molar-refractivity contribution >= 4 is 39.0 Å². The monoisotopic (exact) mass is 614 g/mol. The first-order valence-electron chi connectivity index (χ1n) is 15.4. The van der Waals surface area contributed by atoms with E-state index in [-0.39, 0.29) is 22.7 Å². The molecule has 0 aromatic heterocycles. The molecule has 1 amide bonds. The van der Waals surface area contributed by atoms with Crippen LogP contribution in [0, 0.1) is 11.8 Å². The number of aliphatic imine (C=N–C) groups is 1. The zero-order chi connectivity index (χ0) is 30.7. The molecule has 3 aromatic rings. The Morgan fingerprint density at radius 1 is 1.05 bits per heavy atom. The minimum Gasteiger partial charge on any atom is -0.466 e. The van der Waals surface area contributed by atoms with Crippen molar-refractivity contribution < 1.29 is 22.7 Å². The average Bonchev–Trinajstić information content (AvgIpc) is 3.81. The first-order valence-corrected chi connectivity index (χ1v) is 16.9. The van der Waals surface area contributed by atoms with E-state index in [1.165, 1.54) is 6.07 Å². The van der Waals surface area contributed by atoms with Crippen molar-refractivity contribution in [2.45, 2.75) is 50.0 Å². The van der Waals surface area contributed by atoms with Crippen LogP contribution < -0.4 is 10.0 Å². The zero-order valence-corrected chi connectivity index (χ0v) is 25.7. The van der Waals surface area contributed by atoms with Crippen LogP contribution in [-0.4, -0.2) is 57.1 Å². The SMILES string of the molecule is CCOC(=O)C1CCCN(Cc2ccc(N=C(c3ccccc3)C3C(=O)Nc4ccc(S(=O)(=O)NCC5CC5)cc43)cc2)C1. The Labute approximate surface area is 258 Å². The molecule has 10 heteroatoms. The summed E-state index contributed by atoms with van der Waals surface area (Å²) in [7, 11) is -3.71. The first-order chi connectivity index (χ1) is 21.3. The van der Waals surface area contributed by atoms with Gasteiger partial charge in [0.05, 0.1) is 28.8 Å². The third kappa shape index (κ3) is 6.93. The van der Waals surface area contributed by atoms with E-state index in [1.807, 2.05) is 61.5 Å². The zero-order valence-electron chi connectivity index (χ0n) is 24.9. The number of likely N-dealkylation sites (tertiary alicyclic amines) is 1. The minimum atomic E-state index is -3.71. The number of carbonyl (C=O) groups is 2. The van der Waals surface area contributed by atoms with Crippen molar-refractivity contribution in [1.82, 2.24) is 9.62 Å². The first kappa shape index (κ1) is 30.2. The van der Waals surface area contributed by atoms with Gasteiger partial charge in [0.15, 0.2) is 0 Å². The molecule has 3 aromatic carbocycles. The number of carbonyl (C=O) groups excluding carboxylic acids is 2. The molecule has 2 fully saturated rings. The number of hydrogen-bond donors (Lipinski definition) is 2. The second kappa shape index (κ2) is 13.0. The number of nitrogens with one attached hydrogen (secondary N) is 2. The van der Waals surface area contributed by atoms with Gasteiger partial charge in [-0.3, -0.25) is 19.5 Å². The van der Waals surface area contributed by atoms with Gasteiger partial charge < -0.3 is 10.1 Å². The second-order valence-corrected chi connectivity index (χ2v) is 13.6. The maximum Gasteiger partial charge on any atom is 0.310 e. The molecule has 1 saturated carbocycles. The molecular weight excluding hydrogens is 576 g/mol. The van der Waals surface area contributed by atoms with Crippen LogP contribution >= 0.6 is 0 Å². The summed E-state index contributed by atoms with van der Waals surface area (Å²) in [4.78, 5) is 33.1. The molecule has 2 unspecified atom stereocenters. The normalized spacial score (nSPS) is 20.7. The molecular formula is C34H38N4O5S. The Morgan fingerprint density at radius 2 is 1.82 bits per heavy atom. The molecule has 3 aliphatic rings. The van der Waals surface area contributed by atoms with Crippen molar-refractivity contribution in [3.63, 3.8) is 0 Å². The molecule has 2 heterocycles. The molecule has 9 nitrogen and oxygen atoms in total. The number of piperidine rings is 1. The molecule has 0 spiro atoms. The summed E-state index contributed by atoms with van der Waals surface area (Å²) < 4.78 is 34.1. The predicted molar refractivity (Wildman–Crippen MR) is 169 cm³/mol. The Kier molecular flexibility index (Phi) is 8.93. The van der Waals surface area contributed by atoms with Crippen LogP contribution in [0.1, 0.15) is 55.2 Å². The maximum atomic E-state index is 13.4. The van der Waals surface area contributed by atoms with Crippen LogP contribution in [0.2, 0.25) is 0 Å². The molecule has 0 radical (unpaired) electrons. The summed E-state index contributed by atoms with van der Waals surface area (Å²) in [5.41, 5.74) is 4.29. The smallest absolute Gasteiger partial charge is 0.310 e. The van der Waals surface area contributed by atoms with Gasteiger partial charge in [-0.2, -0.15) is 0 Å². The Morgan fingerprint density at radius 3 is 2.55 bits per heavy atom. The number of hydrogen-bond acceptors (Lipinski definition) is 7. The van der Waals surface area contributed by atoms with Gasteiger partial charge in [-0.15, -0.1) is 0 Å². The molecule has 1 saturated heterocycles. The molecule has 1 aliphatic carbocycles. The quantitative estimate of drug-likeness (QED) is 0.232. The van der Waals surface area contributed by atoms with Crippen molar-refractivity contribution in [2.24, 2.45) is 16.8 Å². The molecule has 0 bridgehead atoms. The van der Waals surface area contributed by atoms with Gasteiger partial charge in [0.2, 0.25) is 15.9 Å². The van der Waals surface area contributed by atoms with E-state index < -0.39 is 15.9 Å². The molecule has 44 heavy (non-hydrogen) atoms. The summed E-state index contributed by atoms with van der Waals surface area (Å²) in [6.45, 7) is 4.99. The largest absolute Gasteiger partial charge is 0.466 e. The number of ether oxygens (including phenoxy) is 1. The van der Waals surface area contributed by atoms with Gasteiger partial charge in [0.1, 0.15) is 5.92 Å². The van der Waals surface area contributed by atoms with Crippen LogP contribution in [0.25, 0.3) is 0 Å². The van der Waals surface area contributed by atoms with Crippen molar-refractivity contribution in [1.29, 1.82) is 0 Å². The molecule has 230 valence electrons. The highest BCUT2D eigenvalue weighted by Crippen LogP contribution is 2.38. The highest BCUT2D eigenvalue weighted by atomic mass is 32.2. The fraction of sp³-hybridized carbons (Fsp3) is 0.382. The van der Waals surface area contributed by atoms with Crippen LogP contribution in [0.3, 0.4) is 0 Å². The van der Waals surface area contributed by atoms with E-state index in [2.05, 4.69) is 14.9 Å². The van der Waals surface area contributed by atoms with E-state index in [4.69, 9.17) is 9.73 Å². The van der Waals surface area contributed by atoms with Crippen molar-refractivity contribution in [3.05, 3.63) is 89.5 Å². The third-order valence-electron chi connectivity index (χ3n) is 8.48. The van der Waals surface area contributed by atoms with Crippen LogP contribution in [0.15, 0.2) is 82.7 Å². The molecule has 2 atom stereocenters. The van der Waals surface area contributed by atoms with E-state index in [9.17, 15) is 18.0 Å². The number of nitrogens with zero attached hydrogens (tertiary/aromatic N) is 2. The van der Waals surface area contributed by atoms with E-state index in [0.29, 0.717) is 48.3 Å². The average molecular weight is 615 g/mol. The summed E-state index contributed by atoms with van der Waals surface area (Å²) >= 11 is 0. The lowest BCUT2D eigenvalue weighted by atomic mass is 9.90. The van der Waals surface area contributed by atoms with Gasteiger partial charge in [0.25, 0.3) is 0 Å². The van der Waals surface area contributed by atoms with Gasteiger partial charge in [-0.25, -0.2) is 13.1 Å². The summed E-state index contributed by atoms with van der Waals surface area (Å²) in [6.07, 6.45) is 3.89. The minimum absolute atomic E-state index is 0.0917. The maximum absolute atomic E-state index is 13.4. The lowest BCUT2D eigenvalue weighted by Gasteiger charge is -2.31. The Balaban J connectivity index is 1.26. The third-order valence-corrected chi connectivity index (χ3v) is 9.91. The number of esters is 1. The van der Waals surface area contributed by atoms with Crippen molar-refractivity contribution in [3.8, 4) is 0 Å². The fourth-order valence-electron chi connectivity index (χ4n) is 5.94. The van der Waals surface area contributed by atoms with Gasteiger partial charge in [0, 0.05) is 25.3 Å². The fourth-order valence-corrected chi connectivity index (χ4v) is 7.09. The number of benzene rings is 3. The van der Waals surface area contributed by atoms with E-state index >= 15 is 0 Å². The summed E-state index contributed by atoms with van der Waals surface area (Å²) in [5, 5.41) is 2.92. The van der Waals surface area contributed by atoms with Gasteiger partial charge in [-0.1, -0.05) is 42.5 Å². The number of anilines is 1. The standard InChI is InChI=1S/C34H38N4O5S/c1-2-43-34(40)26-9-6-18-38(22-26)21-24-12-14-27(15-13-24)36-32(25-7-4-3-5-8-25)31-29-19-28(16-17-30(29)37-33(31)39)44(41,42)35-20-23-10-11-23/h3-5,7-8,12-17,19,23,26,31,35H,2,6,9-11,18,20-22H2,1H3,(H,37,39). The number of rotatable bonds is 11. The van der Waals surface area contributed by atoms with E-state index in [1.54, 1.807) is 12.1 Å². The molecule has 6 rings (SSSR count). The summed E-state index contributed by atoms with van der Waals surface area (Å²) in [6, 6.07) is 22.2. The van der Waals surface area contributed by atoms with Gasteiger partial charge in [-0.05, 0) is 92.1 Å². The highest BCUT2D eigenvalue weighted by molar-refractivity contribution is 7.89. The number of amides is 1. The van der Waals surface area contributed by atoms with Crippen LogP contribution in [0.5, 0.6) is 0 Å². The topological polar surface area (TPSA) is 117 Å². The highest BCUT2D eigenvalue weighted by Gasteiger charge is 2.37. The number of sulfonamides is 1. The van der Waals surface area contributed by atoms with Crippen LogP contribution in [-0.2, 0) is 30.9 Å². The van der Waals surface area contributed by atoms with E-state index in [0.717, 1.165) is 49.9 Å². The van der Waals surface area contributed by atoms with Gasteiger partial charge >= 0.3 is 5.97 Å². The van der Waals surface area contributed by atoms with Crippen molar-refractivity contribution in [2.75, 3.05) is 31.6 Å². The summed E-state index contributed by atoms with van der Waals surface area (Å²) in [5.74, 6) is -0.836. The van der Waals surface area contributed by atoms with Crippen LogP contribution in [0.4, 0.5) is 11.4 Å². The Bertz CT molecular complexity index is 1650.